The molecule has 0 saturated carbocycles. The molecule has 206 valence electrons. The van der Waals surface area contributed by atoms with E-state index in [2.05, 4.69) is 25.3 Å². The van der Waals surface area contributed by atoms with Crippen molar-refractivity contribution in [3.05, 3.63) is 55.6 Å². The van der Waals surface area contributed by atoms with Crippen molar-refractivity contribution in [2.24, 2.45) is 0 Å². The summed E-state index contributed by atoms with van der Waals surface area (Å²) in [4.78, 5) is 103. The molecule has 0 radical (unpaired) electrons. The first-order valence-electron chi connectivity index (χ1n) is 11.0. The Morgan fingerprint density at radius 3 is 1.65 bits per heavy atom. The van der Waals surface area contributed by atoms with Crippen molar-refractivity contribution in [3.63, 3.8) is 0 Å². The van der Waals surface area contributed by atoms with Crippen LogP contribution >= 0.6 is 25.3 Å². The highest BCUT2D eigenvalue weighted by atomic mass is 32.1. The maximum Gasteiger partial charge on any atom is 0.370 e. The molecule has 0 aliphatic carbocycles. The number of carbonyl (C=O) groups excluding carboxylic acids is 6. The van der Waals surface area contributed by atoms with Crippen molar-refractivity contribution < 1.29 is 48.3 Å². The Bertz CT molecular complexity index is 1540. The molecule has 18 heteroatoms. The molecule has 2 aliphatic rings. The highest BCUT2D eigenvalue weighted by molar-refractivity contribution is 7.83. The largest absolute Gasteiger partial charge is 0.370 e. The van der Waals surface area contributed by atoms with E-state index >= 15 is 0 Å². The fourth-order valence-corrected chi connectivity index (χ4v) is 4.44. The molecule has 2 aromatic rings. The highest BCUT2D eigenvalue weighted by Gasteiger charge is 2.37. The van der Waals surface area contributed by atoms with Gasteiger partial charge in [0.25, 0.3) is 35.0 Å². The zero-order valence-electron chi connectivity index (χ0n) is 19.7. The maximum absolute atomic E-state index is 12.9. The zero-order chi connectivity index (χ0) is 29.5. The summed E-state index contributed by atoms with van der Waals surface area (Å²) in [5, 5.41) is 23.7. The van der Waals surface area contributed by atoms with Crippen LogP contribution in [0.15, 0.2) is 34.1 Å². The minimum absolute atomic E-state index is 0.0609. The van der Waals surface area contributed by atoms with Gasteiger partial charge in [0.1, 0.15) is 11.1 Å². The molecular formula is C22H14N4O12S2. The summed E-state index contributed by atoms with van der Waals surface area (Å²) < 4.78 is 0. The minimum atomic E-state index is -1.47. The normalized spacial score (nSPS) is 15.1. The Morgan fingerprint density at radius 1 is 0.725 bits per heavy atom. The molecule has 4 rings (SSSR count). The number of hydrogen-bond donors (Lipinski definition) is 2. The van der Waals surface area contributed by atoms with Gasteiger partial charge >= 0.3 is 11.9 Å². The molecule has 40 heavy (non-hydrogen) atoms. The van der Waals surface area contributed by atoms with E-state index in [0.29, 0.717) is 0 Å². The zero-order valence-corrected chi connectivity index (χ0v) is 21.5. The van der Waals surface area contributed by atoms with Gasteiger partial charge in [0.05, 0.1) is 14.7 Å². The lowest BCUT2D eigenvalue weighted by Crippen LogP contribution is -2.32. The van der Waals surface area contributed by atoms with Gasteiger partial charge in [-0.3, -0.25) is 39.4 Å². The molecule has 0 spiro atoms. The number of hydroxylamine groups is 4. The lowest BCUT2D eigenvalue weighted by atomic mass is 9.98. The van der Waals surface area contributed by atoms with Gasteiger partial charge in [0.15, 0.2) is 0 Å². The van der Waals surface area contributed by atoms with Gasteiger partial charge in [-0.15, -0.1) is 35.4 Å². The SMILES string of the molecule is O=C(ON1C(=O)CCC1=O)c1cc(-c2cc(C(=O)ON3C(=O)CCC3=O)c([N+](=O)[O-])c(S)c2S)ccc1[N+](=O)[O-]. The van der Waals surface area contributed by atoms with Crippen LogP contribution in [0.2, 0.25) is 0 Å². The van der Waals surface area contributed by atoms with E-state index in [0.717, 1.165) is 24.3 Å². The molecule has 0 atom stereocenters. The number of nitro groups is 2. The molecule has 0 aromatic heterocycles. The Balaban J connectivity index is 1.81. The molecule has 2 saturated heterocycles. The summed E-state index contributed by atoms with van der Waals surface area (Å²) in [6, 6.07) is 3.82. The first-order valence-corrected chi connectivity index (χ1v) is 11.9. The number of imide groups is 2. The lowest BCUT2D eigenvalue weighted by Gasteiger charge is -2.16. The Morgan fingerprint density at radius 2 is 1.20 bits per heavy atom. The molecule has 2 aromatic carbocycles. The Labute approximate surface area is 232 Å². The quantitative estimate of drug-likeness (QED) is 0.205. The average molecular weight is 591 g/mol. The fourth-order valence-electron chi connectivity index (χ4n) is 3.81. The van der Waals surface area contributed by atoms with Crippen molar-refractivity contribution in [3.8, 4) is 11.1 Å². The smallest absolute Gasteiger partial charge is 0.325 e. The van der Waals surface area contributed by atoms with E-state index in [9.17, 15) is 49.0 Å². The van der Waals surface area contributed by atoms with Crippen LogP contribution < -0.4 is 0 Å². The van der Waals surface area contributed by atoms with Crippen molar-refractivity contribution in [2.75, 3.05) is 0 Å². The summed E-state index contributed by atoms with van der Waals surface area (Å²) >= 11 is 8.30. The number of benzene rings is 2. The molecule has 4 amide bonds. The number of nitrogens with zero attached hydrogens (tertiary/aromatic N) is 4. The number of nitro benzene ring substituents is 2. The first kappa shape index (κ1) is 28.2. The van der Waals surface area contributed by atoms with Gasteiger partial charge in [0.2, 0.25) is 0 Å². The van der Waals surface area contributed by atoms with Gasteiger partial charge < -0.3 is 9.68 Å². The molecule has 2 heterocycles. The monoisotopic (exact) mass is 590 g/mol. The van der Waals surface area contributed by atoms with Crippen LogP contribution in [0, 0.1) is 20.2 Å². The van der Waals surface area contributed by atoms with Crippen LogP contribution in [0.5, 0.6) is 0 Å². The molecule has 2 aliphatic heterocycles. The molecular weight excluding hydrogens is 576 g/mol. The molecule has 2 fully saturated rings. The van der Waals surface area contributed by atoms with Crippen LogP contribution in [-0.2, 0) is 28.9 Å². The van der Waals surface area contributed by atoms with Crippen LogP contribution in [0.3, 0.4) is 0 Å². The number of thiol groups is 2. The number of rotatable bonds is 7. The molecule has 0 N–H and O–H groups in total. The predicted octanol–water partition coefficient (Wildman–Crippen LogP) is 2.19. The third kappa shape index (κ3) is 5.08. The molecule has 0 unspecified atom stereocenters. The van der Waals surface area contributed by atoms with Crippen LogP contribution in [0.1, 0.15) is 46.4 Å². The third-order valence-corrected chi connectivity index (χ3v) is 6.81. The standard InChI is InChI=1S/C22H14N4O12S2/c27-14-3-4-15(28)23(14)37-21(31)11-7-9(1-2-13(11)25(33)34)10-8-12(18(26(35)36)20(40)19(10)39)22(32)38-24-16(29)5-6-17(24)30/h1-2,7-8,39-40H,3-6H2. The van der Waals surface area contributed by atoms with E-state index < -0.39 is 72.8 Å². The number of hydrogen-bond acceptors (Lipinski definition) is 14. The van der Waals surface area contributed by atoms with E-state index in [-0.39, 0.29) is 51.8 Å². The second kappa shape index (κ2) is 10.7. The Hall–Kier alpha value is -4.84. The average Bonchev–Trinajstić information content (AvgIpc) is 3.39. The summed E-state index contributed by atoms with van der Waals surface area (Å²) in [6.07, 6.45) is -0.914. The van der Waals surface area contributed by atoms with Gasteiger partial charge in [-0.1, -0.05) is 0 Å². The number of amides is 4. The maximum atomic E-state index is 12.9. The topological polar surface area (TPSA) is 214 Å². The van der Waals surface area contributed by atoms with Gasteiger partial charge in [0, 0.05) is 36.6 Å². The first-order chi connectivity index (χ1) is 18.8. The summed E-state index contributed by atoms with van der Waals surface area (Å²) in [7, 11) is 0. The van der Waals surface area contributed by atoms with Crippen LogP contribution in [0.4, 0.5) is 11.4 Å². The van der Waals surface area contributed by atoms with Gasteiger partial charge in [-0.2, -0.15) is 0 Å². The second-order valence-electron chi connectivity index (χ2n) is 8.18. The van der Waals surface area contributed by atoms with Gasteiger partial charge in [-0.25, -0.2) is 9.59 Å². The van der Waals surface area contributed by atoms with Crippen LogP contribution in [0.25, 0.3) is 11.1 Å². The van der Waals surface area contributed by atoms with E-state index in [1.54, 1.807) is 0 Å². The highest BCUT2D eigenvalue weighted by Crippen LogP contribution is 2.41. The minimum Gasteiger partial charge on any atom is -0.325 e. The number of carbonyl (C=O) groups is 6. The van der Waals surface area contributed by atoms with Crippen molar-refractivity contribution >= 4 is 72.2 Å². The lowest BCUT2D eigenvalue weighted by molar-refractivity contribution is -0.388. The van der Waals surface area contributed by atoms with E-state index in [1.165, 1.54) is 0 Å². The molecule has 0 bridgehead atoms. The summed E-state index contributed by atoms with van der Waals surface area (Å²) in [6.45, 7) is 0. The van der Waals surface area contributed by atoms with Crippen LogP contribution in [-0.4, -0.2) is 55.5 Å². The summed E-state index contributed by atoms with van der Waals surface area (Å²) in [5.74, 6) is -6.24. The van der Waals surface area contributed by atoms with E-state index in [4.69, 9.17) is 9.68 Å². The molecule has 16 nitrogen and oxygen atoms in total. The third-order valence-electron chi connectivity index (χ3n) is 5.73. The van der Waals surface area contributed by atoms with Gasteiger partial charge in [-0.05, 0) is 29.3 Å². The Kier molecular flexibility index (Phi) is 7.56. The predicted molar refractivity (Wildman–Crippen MR) is 133 cm³/mol. The van der Waals surface area contributed by atoms with Crippen molar-refractivity contribution in [1.82, 2.24) is 10.1 Å². The summed E-state index contributed by atoms with van der Waals surface area (Å²) in [5.41, 5.74) is -3.29. The fraction of sp³-hybridized carbons (Fsp3) is 0.182. The second-order valence-corrected chi connectivity index (χ2v) is 9.08. The van der Waals surface area contributed by atoms with Crippen molar-refractivity contribution in [2.45, 2.75) is 35.5 Å². The van der Waals surface area contributed by atoms with Crippen molar-refractivity contribution in [1.29, 1.82) is 0 Å². The van der Waals surface area contributed by atoms with E-state index in [1.807, 2.05) is 0 Å².